The van der Waals surface area contributed by atoms with Crippen molar-refractivity contribution < 1.29 is 14.3 Å². The predicted molar refractivity (Wildman–Crippen MR) is 94.7 cm³/mol. The number of benzene rings is 1. The summed E-state index contributed by atoms with van der Waals surface area (Å²) >= 11 is 0. The van der Waals surface area contributed by atoms with Crippen molar-refractivity contribution >= 4 is 28.3 Å². The highest BCUT2D eigenvalue weighted by Gasteiger charge is 2.34. The van der Waals surface area contributed by atoms with E-state index >= 15 is 0 Å². The Morgan fingerprint density at radius 1 is 1.16 bits per heavy atom. The summed E-state index contributed by atoms with van der Waals surface area (Å²) in [5.41, 5.74) is 2.83. The molecule has 0 radical (unpaired) electrons. The minimum atomic E-state index is -0.226. The maximum atomic E-state index is 12.9. The van der Waals surface area contributed by atoms with Crippen molar-refractivity contribution in [3.05, 3.63) is 47.7 Å². The Labute approximate surface area is 146 Å². The Morgan fingerprint density at radius 2 is 1.96 bits per heavy atom. The fraction of sp³-hybridized carbons (Fsp3) is 0.350. The normalized spacial score (nSPS) is 18.9. The molecule has 1 aromatic carbocycles. The van der Waals surface area contributed by atoms with Crippen LogP contribution in [0.25, 0.3) is 16.5 Å². The molecule has 0 atom stereocenters. The second-order valence-corrected chi connectivity index (χ2v) is 6.70. The summed E-state index contributed by atoms with van der Waals surface area (Å²) in [5.74, 6) is -0.120. The first-order valence-corrected chi connectivity index (χ1v) is 8.65. The van der Waals surface area contributed by atoms with Crippen LogP contribution in [0.1, 0.15) is 24.1 Å². The Balaban J connectivity index is 1.65. The number of hydrogen-bond donors (Lipinski definition) is 0. The summed E-state index contributed by atoms with van der Waals surface area (Å²) in [7, 11) is 0. The van der Waals surface area contributed by atoms with E-state index in [0.717, 1.165) is 35.0 Å². The van der Waals surface area contributed by atoms with Gasteiger partial charge in [0.2, 0.25) is 0 Å². The quantitative estimate of drug-likeness (QED) is 0.809. The van der Waals surface area contributed by atoms with Gasteiger partial charge in [0.05, 0.1) is 11.1 Å². The zero-order valence-corrected chi connectivity index (χ0v) is 14.2. The monoisotopic (exact) mass is 336 g/mol. The number of nitrogens with zero attached hydrogens (tertiary/aromatic N) is 2. The topological polar surface area (TPSA) is 59.5 Å². The van der Waals surface area contributed by atoms with Crippen molar-refractivity contribution in [1.29, 1.82) is 0 Å². The second-order valence-electron chi connectivity index (χ2n) is 6.70. The average molecular weight is 336 g/mol. The van der Waals surface area contributed by atoms with Crippen LogP contribution < -0.4 is 0 Å². The molecule has 0 saturated carbocycles. The lowest BCUT2D eigenvalue weighted by Crippen LogP contribution is -2.37. The Kier molecular flexibility index (Phi) is 4.09. The molecule has 4 rings (SSSR count). The van der Waals surface area contributed by atoms with Gasteiger partial charge in [-0.15, -0.1) is 0 Å². The molecule has 2 aliphatic heterocycles. The maximum Gasteiger partial charge on any atom is 0.261 e. The number of hydrogen-bond acceptors (Lipinski definition) is 4. The molecule has 5 heteroatoms. The van der Waals surface area contributed by atoms with Gasteiger partial charge in [-0.1, -0.05) is 24.3 Å². The third kappa shape index (κ3) is 2.96. The predicted octanol–water partition coefficient (Wildman–Crippen LogP) is 2.72. The van der Waals surface area contributed by atoms with Gasteiger partial charge in [-0.3, -0.25) is 19.5 Å². The highest BCUT2D eigenvalue weighted by atomic mass is 16.5. The van der Waals surface area contributed by atoms with Crippen molar-refractivity contribution in [2.24, 2.45) is 5.92 Å². The summed E-state index contributed by atoms with van der Waals surface area (Å²) in [6.07, 6.45) is 3.24. The summed E-state index contributed by atoms with van der Waals surface area (Å²) in [4.78, 5) is 31.3. The minimum Gasteiger partial charge on any atom is -0.381 e. The molecule has 1 saturated heterocycles. The molecule has 1 fully saturated rings. The van der Waals surface area contributed by atoms with Crippen LogP contribution in [0, 0.1) is 12.8 Å². The van der Waals surface area contributed by atoms with E-state index in [-0.39, 0.29) is 11.8 Å². The number of ether oxygens (including phenoxy) is 1. The standard InChI is InChI=1S/C20H20N2O3/c1-13-5-6-15-3-2-4-16(19(15)21-13)17-11-18(23)22(20(17)24)12-14-7-9-25-10-8-14/h2-6,11,14H,7-10,12H2,1H3. The molecule has 3 heterocycles. The van der Waals surface area contributed by atoms with Crippen molar-refractivity contribution in [1.82, 2.24) is 9.88 Å². The lowest BCUT2D eigenvalue weighted by atomic mass is 9.99. The van der Waals surface area contributed by atoms with Gasteiger partial charge in [0.25, 0.3) is 11.8 Å². The molecule has 2 aromatic rings. The van der Waals surface area contributed by atoms with Crippen LogP contribution in [0.4, 0.5) is 0 Å². The smallest absolute Gasteiger partial charge is 0.261 e. The van der Waals surface area contributed by atoms with Gasteiger partial charge in [0, 0.05) is 42.5 Å². The highest BCUT2D eigenvalue weighted by molar-refractivity contribution is 6.34. The number of pyridine rings is 1. The zero-order chi connectivity index (χ0) is 17.4. The molecule has 2 amide bonds. The van der Waals surface area contributed by atoms with E-state index in [9.17, 15) is 9.59 Å². The summed E-state index contributed by atoms with van der Waals surface area (Å²) in [6.45, 7) is 3.79. The molecule has 0 N–H and O–H groups in total. The minimum absolute atomic E-state index is 0.215. The number of fused-ring (bicyclic) bond motifs is 1. The van der Waals surface area contributed by atoms with E-state index in [1.807, 2.05) is 37.3 Å². The number of rotatable bonds is 3. The molecule has 1 aromatic heterocycles. The number of aromatic nitrogens is 1. The molecule has 25 heavy (non-hydrogen) atoms. The Bertz CT molecular complexity index is 882. The Hall–Kier alpha value is -2.53. The van der Waals surface area contributed by atoms with Crippen LogP contribution in [0.5, 0.6) is 0 Å². The first-order chi connectivity index (χ1) is 12.1. The fourth-order valence-corrected chi connectivity index (χ4v) is 3.52. The molecular weight excluding hydrogens is 316 g/mol. The maximum absolute atomic E-state index is 12.9. The molecule has 0 spiro atoms. The van der Waals surface area contributed by atoms with Gasteiger partial charge < -0.3 is 4.74 Å². The van der Waals surface area contributed by atoms with Crippen molar-refractivity contribution in [3.63, 3.8) is 0 Å². The summed E-state index contributed by atoms with van der Waals surface area (Å²) in [6, 6.07) is 9.66. The third-order valence-electron chi connectivity index (χ3n) is 4.94. The number of imide groups is 1. The fourth-order valence-electron chi connectivity index (χ4n) is 3.52. The third-order valence-corrected chi connectivity index (χ3v) is 4.94. The molecule has 0 bridgehead atoms. The van der Waals surface area contributed by atoms with Crippen molar-refractivity contribution in [2.45, 2.75) is 19.8 Å². The SMILES string of the molecule is Cc1ccc2cccc(C3=CC(=O)N(CC4CCOCC4)C3=O)c2n1. The van der Waals surface area contributed by atoms with Crippen LogP contribution in [0.15, 0.2) is 36.4 Å². The number of carbonyl (C=O) groups is 2. The van der Waals surface area contributed by atoms with Crippen LogP contribution in [-0.2, 0) is 14.3 Å². The van der Waals surface area contributed by atoms with Gasteiger partial charge in [0.15, 0.2) is 0 Å². The van der Waals surface area contributed by atoms with E-state index in [2.05, 4.69) is 4.98 Å². The van der Waals surface area contributed by atoms with Gasteiger partial charge in [0.1, 0.15) is 0 Å². The van der Waals surface area contributed by atoms with E-state index in [4.69, 9.17) is 4.74 Å². The van der Waals surface area contributed by atoms with E-state index in [1.165, 1.54) is 11.0 Å². The molecular formula is C20H20N2O3. The first kappa shape index (κ1) is 16.0. The summed E-state index contributed by atoms with van der Waals surface area (Å²) < 4.78 is 5.36. The number of para-hydroxylation sites is 1. The number of carbonyl (C=O) groups excluding carboxylic acids is 2. The largest absolute Gasteiger partial charge is 0.381 e. The van der Waals surface area contributed by atoms with Gasteiger partial charge in [-0.25, -0.2) is 0 Å². The number of amides is 2. The number of aryl methyl sites for hydroxylation is 1. The van der Waals surface area contributed by atoms with Gasteiger partial charge in [-0.05, 0) is 31.7 Å². The Morgan fingerprint density at radius 3 is 2.76 bits per heavy atom. The molecule has 0 unspecified atom stereocenters. The molecule has 5 nitrogen and oxygen atoms in total. The second kappa shape index (κ2) is 6.41. The van der Waals surface area contributed by atoms with Gasteiger partial charge >= 0.3 is 0 Å². The van der Waals surface area contributed by atoms with Crippen LogP contribution in [-0.4, -0.2) is 41.5 Å². The van der Waals surface area contributed by atoms with Gasteiger partial charge in [-0.2, -0.15) is 0 Å². The van der Waals surface area contributed by atoms with Crippen molar-refractivity contribution in [2.75, 3.05) is 19.8 Å². The highest BCUT2D eigenvalue weighted by Crippen LogP contribution is 2.30. The van der Waals surface area contributed by atoms with Crippen LogP contribution in [0.2, 0.25) is 0 Å². The lowest BCUT2D eigenvalue weighted by Gasteiger charge is -2.26. The van der Waals surface area contributed by atoms with E-state index in [1.54, 1.807) is 0 Å². The first-order valence-electron chi connectivity index (χ1n) is 8.65. The average Bonchev–Trinajstić information content (AvgIpc) is 2.90. The van der Waals surface area contributed by atoms with Crippen LogP contribution in [0.3, 0.4) is 0 Å². The van der Waals surface area contributed by atoms with Crippen LogP contribution >= 0.6 is 0 Å². The summed E-state index contributed by atoms with van der Waals surface area (Å²) in [5, 5.41) is 0.965. The lowest BCUT2D eigenvalue weighted by molar-refractivity contribution is -0.137. The van der Waals surface area contributed by atoms with E-state index < -0.39 is 0 Å². The molecule has 128 valence electrons. The molecule has 0 aliphatic carbocycles. The zero-order valence-electron chi connectivity index (χ0n) is 14.2. The molecule has 2 aliphatic rings. The van der Waals surface area contributed by atoms with Crippen molar-refractivity contribution in [3.8, 4) is 0 Å². The van der Waals surface area contributed by atoms with E-state index in [0.29, 0.717) is 31.2 Å².